The average Bonchev–Trinajstić information content (AvgIpc) is 2.21. The zero-order chi connectivity index (χ0) is 12.3. The van der Waals surface area contributed by atoms with Crippen LogP contribution >= 0.6 is 0 Å². The van der Waals surface area contributed by atoms with E-state index in [-0.39, 0.29) is 6.10 Å². The number of hydrogen-bond donors (Lipinski definition) is 1. The van der Waals surface area contributed by atoms with Gasteiger partial charge in [-0.3, -0.25) is 0 Å². The molecule has 5 heteroatoms. The molecule has 2 rings (SSSR count). The van der Waals surface area contributed by atoms with Crippen LogP contribution in [0, 0.1) is 0 Å². The second kappa shape index (κ2) is 5.06. The molecule has 0 aliphatic carbocycles. The van der Waals surface area contributed by atoms with E-state index in [0.717, 1.165) is 19.2 Å². The van der Waals surface area contributed by atoms with Gasteiger partial charge in [0.05, 0.1) is 18.3 Å². The molecule has 1 fully saturated rings. The lowest BCUT2D eigenvalue weighted by atomic mass is 10.1. The average molecular weight is 245 g/mol. The monoisotopic (exact) mass is 245 g/mol. The molecule has 0 amide bonds. The highest BCUT2D eigenvalue weighted by molar-refractivity contribution is 5.25. The van der Waals surface area contributed by atoms with E-state index in [1.165, 1.54) is 12.1 Å². The number of rotatable bonds is 4. The minimum absolute atomic E-state index is 0.223. The van der Waals surface area contributed by atoms with E-state index in [0.29, 0.717) is 18.6 Å². The largest absolute Gasteiger partial charge is 0.416 e. The van der Waals surface area contributed by atoms with Crippen LogP contribution in [0.5, 0.6) is 0 Å². The Morgan fingerprint density at radius 3 is 2.65 bits per heavy atom. The lowest BCUT2D eigenvalue weighted by Gasteiger charge is -2.27. The maximum Gasteiger partial charge on any atom is 0.416 e. The predicted molar refractivity (Wildman–Crippen MR) is 57.8 cm³/mol. The summed E-state index contributed by atoms with van der Waals surface area (Å²) >= 11 is 0. The van der Waals surface area contributed by atoms with Crippen molar-refractivity contribution < 1.29 is 17.9 Å². The molecule has 1 aliphatic rings. The van der Waals surface area contributed by atoms with E-state index in [9.17, 15) is 13.2 Å². The maximum absolute atomic E-state index is 12.4. The van der Waals surface area contributed by atoms with Crippen LogP contribution in [0.25, 0.3) is 0 Å². The maximum atomic E-state index is 12.4. The molecule has 94 valence electrons. The van der Waals surface area contributed by atoms with Gasteiger partial charge in [-0.15, -0.1) is 0 Å². The molecule has 0 saturated carbocycles. The van der Waals surface area contributed by atoms with Crippen molar-refractivity contribution in [3.63, 3.8) is 0 Å². The zero-order valence-electron chi connectivity index (χ0n) is 9.26. The third kappa shape index (κ3) is 3.44. The number of alkyl halides is 3. The molecule has 1 N–H and O–H groups in total. The fraction of sp³-hybridized carbons (Fsp3) is 0.500. The van der Waals surface area contributed by atoms with Gasteiger partial charge < -0.3 is 10.1 Å². The topological polar surface area (TPSA) is 21.3 Å². The molecule has 0 unspecified atom stereocenters. The molecule has 0 radical (unpaired) electrons. The smallest absolute Gasteiger partial charge is 0.375 e. The molecular formula is C12H14F3NO. The van der Waals surface area contributed by atoms with Gasteiger partial charge in [0.1, 0.15) is 0 Å². The Bertz CT molecular complexity index is 374. The summed E-state index contributed by atoms with van der Waals surface area (Å²) in [4.78, 5) is 0. The van der Waals surface area contributed by atoms with Crippen molar-refractivity contribution in [3.05, 3.63) is 35.4 Å². The van der Waals surface area contributed by atoms with Gasteiger partial charge in [0.25, 0.3) is 0 Å². The van der Waals surface area contributed by atoms with E-state index in [1.54, 1.807) is 6.07 Å². The molecule has 0 aromatic heterocycles. The van der Waals surface area contributed by atoms with Crippen molar-refractivity contribution in [1.29, 1.82) is 0 Å². The third-order valence-corrected chi connectivity index (χ3v) is 2.74. The summed E-state index contributed by atoms with van der Waals surface area (Å²) in [5.41, 5.74) is 0.0624. The first-order chi connectivity index (χ1) is 8.05. The van der Waals surface area contributed by atoms with Crippen LogP contribution in [-0.2, 0) is 17.3 Å². The van der Waals surface area contributed by atoms with Gasteiger partial charge in [0.15, 0.2) is 0 Å². The van der Waals surface area contributed by atoms with E-state index in [2.05, 4.69) is 5.32 Å². The number of hydrogen-bond acceptors (Lipinski definition) is 2. The summed E-state index contributed by atoms with van der Waals surface area (Å²) < 4.78 is 42.8. The van der Waals surface area contributed by atoms with Gasteiger partial charge >= 0.3 is 6.18 Å². The van der Waals surface area contributed by atoms with Crippen LogP contribution in [0.15, 0.2) is 24.3 Å². The van der Waals surface area contributed by atoms with Gasteiger partial charge in [-0.05, 0) is 18.1 Å². The fourth-order valence-corrected chi connectivity index (χ4v) is 1.63. The first-order valence-corrected chi connectivity index (χ1v) is 5.54. The van der Waals surface area contributed by atoms with E-state index < -0.39 is 11.7 Å². The SMILES string of the molecule is FC(F)(F)c1cccc(CCOC2CNC2)c1. The van der Waals surface area contributed by atoms with Crippen LogP contribution in [-0.4, -0.2) is 25.8 Å². The Morgan fingerprint density at radius 1 is 1.29 bits per heavy atom. The van der Waals surface area contributed by atoms with Gasteiger partial charge in [-0.25, -0.2) is 0 Å². The number of nitrogens with one attached hydrogen (secondary N) is 1. The summed E-state index contributed by atoms with van der Waals surface area (Å²) in [7, 11) is 0. The standard InChI is InChI=1S/C12H14F3NO/c13-12(14,15)10-3-1-2-9(6-10)4-5-17-11-7-16-8-11/h1-3,6,11,16H,4-5,7-8H2. The van der Waals surface area contributed by atoms with E-state index in [4.69, 9.17) is 4.74 Å². The molecule has 1 aliphatic heterocycles. The van der Waals surface area contributed by atoms with E-state index >= 15 is 0 Å². The normalized spacial score (nSPS) is 16.9. The van der Waals surface area contributed by atoms with Crippen LogP contribution in [0.2, 0.25) is 0 Å². The number of ether oxygens (including phenoxy) is 1. The van der Waals surface area contributed by atoms with Crippen LogP contribution in [0.3, 0.4) is 0 Å². The minimum Gasteiger partial charge on any atom is -0.375 e. The predicted octanol–water partition coefficient (Wildman–Crippen LogP) is 2.24. The molecule has 0 atom stereocenters. The van der Waals surface area contributed by atoms with Crippen molar-refractivity contribution >= 4 is 0 Å². The molecule has 0 spiro atoms. The lowest BCUT2D eigenvalue weighted by molar-refractivity contribution is -0.137. The Morgan fingerprint density at radius 2 is 2.06 bits per heavy atom. The fourth-order valence-electron chi connectivity index (χ4n) is 1.63. The molecule has 1 aromatic carbocycles. The molecular weight excluding hydrogens is 231 g/mol. The van der Waals surface area contributed by atoms with Crippen molar-refractivity contribution in [1.82, 2.24) is 5.32 Å². The zero-order valence-corrected chi connectivity index (χ0v) is 9.26. The Hall–Kier alpha value is -1.07. The molecule has 1 aromatic rings. The summed E-state index contributed by atoms with van der Waals surface area (Å²) in [5.74, 6) is 0. The minimum atomic E-state index is -4.27. The second-order valence-electron chi connectivity index (χ2n) is 4.10. The molecule has 1 saturated heterocycles. The number of halogens is 3. The van der Waals surface area contributed by atoms with Crippen molar-refractivity contribution in [3.8, 4) is 0 Å². The van der Waals surface area contributed by atoms with Gasteiger partial charge in [-0.1, -0.05) is 18.2 Å². The highest BCUT2D eigenvalue weighted by Gasteiger charge is 2.30. The van der Waals surface area contributed by atoms with Crippen molar-refractivity contribution in [2.45, 2.75) is 18.7 Å². The van der Waals surface area contributed by atoms with Crippen molar-refractivity contribution in [2.75, 3.05) is 19.7 Å². The summed E-state index contributed by atoms with van der Waals surface area (Å²) in [5, 5.41) is 3.07. The van der Waals surface area contributed by atoms with Crippen LogP contribution in [0.1, 0.15) is 11.1 Å². The van der Waals surface area contributed by atoms with Gasteiger partial charge in [-0.2, -0.15) is 13.2 Å². The summed E-state index contributed by atoms with van der Waals surface area (Å²) in [6, 6.07) is 5.39. The second-order valence-corrected chi connectivity index (χ2v) is 4.10. The first-order valence-electron chi connectivity index (χ1n) is 5.54. The van der Waals surface area contributed by atoms with Crippen LogP contribution < -0.4 is 5.32 Å². The Balaban J connectivity index is 1.87. The Labute approximate surface area is 97.8 Å². The number of benzene rings is 1. The summed E-state index contributed by atoms with van der Waals surface area (Å²) in [6.45, 7) is 2.14. The quantitative estimate of drug-likeness (QED) is 0.878. The third-order valence-electron chi connectivity index (χ3n) is 2.74. The van der Waals surface area contributed by atoms with E-state index in [1.807, 2.05) is 0 Å². The van der Waals surface area contributed by atoms with Gasteiger partial charge in [0, 0.05) is 13.1 Å². The first kappa shape index (κ1) is 12.4. The van der Waals surface area contributed by atoms with Crippen molar-refractivity contribution in [2.24, 2.45) is 0 Å². The highest BCUT2D eigenvalue weighted by atomic mass is 19.4. The lowest BCUT2D eigenvalue weighted by Crippen LogP contribution is -2.48. The molecule has 17 heavy (non-hydrogen) atoms. The molecule has 0 bridgehead atoms. The van der Waals surface area contributed by atoms with Gasteiger partial charge in [0.2, 0.25) is 0 Å². The highest BCUT2D eigenvalue weighted by Crippen LogP contribution is 2.29. The molecule has 1 heterocycles. The summed E-state index contributed by atoms with van der Waals surface area (Å²) in [6.07, 6.45) is -3.53. The van der Waals surface area contributed by atoms with Crippen LogP contribution in [0.4, 0.5) is 13.2 Å². The Kier molecular flexibility index (Phi) is 3.69. The molecule has 2 nitrogen and oxygen atoms in total.